The molecular formula is C73H142O17P2. The molecule has 0 aliphatic rings. The molecule has 0 aliphatic heterocycles. The van der Waals surface area contributed by atoms with Crippen molar-refractivity contribution >= 4 is 39.5 Å². The third-order valence-corrected chi connectivity index (χ3v) is 18.9. The number of esters is 4. The predicted octanol–water partition coefficient (Wildman–Crippen LogP) is 21.3. The van der Waals surface area contributed by atoms with Crippen molar-refractivity contribution in [2.45, 2.75) is 400 Å². The third-order valence-electron chi connectivity index (χ3n) is 17.0. The molecule has 0 amide bonds. The molecule has 0 aliphatic carbocycles. The highest BCUT2D eigenvalue weighted by Gasteiger charge is 2.30. The molecular weight excluding hydrogens is 1210 g/mol. The molecule has 0 heterocycles. The number of ether oxygens (including phenoxy) is 4. The lowest BCUT2D eigenvalue weighted by atomic mass is 10.0. The third kappa shape index (κ3) is 66.7. The van der Waals surface area contributed by atoms with E-state index in [-0.39, 0.29) is 25.7 Å². The summed E-state index contributed by atoms with van der Waals surface area (Å²) in [5.74, 6) is -1.44. The van der Waals surface area contributed by atoms with Crippen molar-refractivity contribution in [3.63, 3.8) is 0 Å². The normalized spacial score (nSPS) is 14.0. The van der Waals surface area contributed by atoms with E-state index in [1.165, 1.54) is 199 Å². The number of hydrogen-bond donors (Lipinski definition) is 3. The zero-order chi connectivity index (χ0) is 67.7. The van der Waals surface area contributed by atoms with Gasteiger partial charge in [0.2, 0.25) is 0 Å². The van der Waals surface area contributed by atoms with Crippen LogP contribution in [-0.2, 0) is 65.4 Å². The highest BCUT2D eigenvalue weighted by molar-refractivity contribution is 7.47. The lowest BCUT2D eigenvalue weighted by Crippen LogP contribution is -2.30. The average Bonchev–Trinajstić information content (AvgIpc) is 3.58. The first kappa shape index (κ1) is 90.1. The van der Waals surface area contributed by atoms with Gasteiger partial charge in [-0.15, -0.1) is 0 Å². The number of carbonyl (C=O) groups is 4. The van der Waals surface area contributed by atoms with Crippen LogP contribution in [-0.4, -0.2) is 96.7 Å². The molecule has 0 radical (unpaired) electrons. The summed E-state index contributed by atoms with van der Waals surface area (Å²) in [6, 6.07) is 0. The number of unbranched alkanes of at least 4 members (excludes halogenated alkanes) is 45. The Morgan fingerprint density at radius 3 is 0.739 bits per heavy atom. The summed E-state index contributed by atoms with van der Waals surface area (Å²) < 4.78 is 68.4. The SMILES string of the molecule is CCCCCCCCCCCCCCCCCC(=O)OC[C@H](COP(=O)(O)OC[C@@H](O)COP(=O)(O)OC[C@@H](COC(=O)CCCCCCCCC(C)C)OC(=O)CCCCCCCCCCCCCCC)OC(=O)CCCCCCCCCCCCCCCCC. The summed E-state index contributed by atoms with van der Waals surface area (Å²) in [6.45, 7) is 7.20. The minimum Gasteiger partial charge on any atom is -0.462 e. The van der Waals surface area contributed by atoms with Gasteiger partial charge in [0.05, 0.1) is 26.4 Å². The fourth-order valence-electron chi connectivity index (χ4n) is 11.2. The van der Waals surface area contributed by atoms with Crippen molar-refractivity contribution in [3.8, 4) is 0 Å². The van der Waals surface area contributed by atoms with Crippen LogP contribution in [0.1, 0.15) is 381 Å². The van der Waals surface area contributed by atoms with Crippen molar-refractivity contribution in [2.75, 3.05) is 39.6 Å². The maximum Gasteiger partial charge on any atom is 0.472 e. The Hall–Kier alpha value is -1.94. The molecule has 0 bridgehead atoms. The molecule has 0 aromatic heterocycles. The van der Waals surface area contributed by atoms with E-state index in [4.69, 9.17) is 37.0 Å². The second kappa shape index (κ2) is 66.3. The van der Waals surface area contributed by atoms with Crippen LogP contribution in [0, 0.1) is 5.92 Å². The van der Waals surface area contributed by atoms with Gasteiger partial charge in [-0.2, -0.15) is 0 Å². The Balaban J connectivity index is 5.24. The van der Waals surface area contributed by atoms with Crippen LogP contribution >= 0.6 is 15.6 Å². The van der Waals surface area contributed by atoms with Crippen LogP contribution in [0.25, 0.3) is 0 Å². The van der Waals surface area contributed by atoms with Gasteiger partial charge < -0.3 is 33.8 Å². The maximum absolute atomic E-state index is 13.1. The van der Waals surface area contributed by atoms with E-state index in [0.29, 0.717) is 31.6 Å². The fraction of sp³-hybridized carbons (Fsp3) is 0.945. The van der Waals surface area contributed by atoms with Gasteiger partial charge in [0.15, 0.2) is 12.2 Å². The lowest BCUT2D eigenvalue weighted by molar-refractivity contribution is -0.161. The Morgan fingerprint density at radius 1 is 0.293 bits per heavy atom. The molecule has 3 N–H and O–H groups in total. The molecule has 17 nitrogen and oxygen atoms in total. The Labute approximate surface area is 562 Å². The second-order valence-corrected chi connectivity index (χ2v) is 29.7. The number of aliphatic hydroxyl groups excluding tert-OH is 1. The molecule has 546 valence electrons. The maximum atomic E-state index is 13.1. The van der Waals surface area contributed by atoms with Crippen LogP contribution < -0.4 is 0 Å². The molecule has 0 rings (SSSR count). The number of aliphatic hydroxyl groups is 1. The van der Waals surface area contributed by atoms with E-state index in [2.05, 4.69) is 34.6 Å². The fourth-order valence-corrected chi connectivity index (χ4v) is 12.8. The molecule has 0 saturated carbocycles. The summed E-state index contributed by atoms with van der Waals surface area (Å²) in [7, 11) is -9.90. The first-order valence-electron chi connectivity index (χ1n) is 38.1. The van der Waals surface area contributed by atoms with E-state index in [9.17, 15) is 43.2 Å². The predicted molar refractivity (Wildman–Crippen MR) is 372 cm³/mol. The van der Waals surface area contributed by atoms with Crippen LogP contribution in [0.15, 0.2) is 0 Å². The van der Waals surface area contributed by atoms with Gasteiger partial charge >= 0.3 is 39.5 Å². The zero-order valence-electron chi connectivity index (χ0n) is 59.7. The Morgan fingerprint density at radius 2 is 0.500 bits per heavy atom. The number of phosphoric acid groups is 2. The zero-order valence-corrected chi connectivity index (χ0v) is 61.5. The lowest BCUT2D eigenvalue weighted by Gasteiger charge is -2.21. The number of rotatable bonds is 73. The Bertz CT molecular complexity index is 1770. The van der Waals surface area contributed by atoms with Crippen molar-refractivity contribution in [3.05, 3.63) is 0 Å². The van der Waals surface area contributed by atoms with Gasteiger partial charge in [0.1, 0.15) is 19.3 Å². The Kier molecular flexibility index (Phi) is 64.9. The largest absolute Gasteiger partial charge is 0.472 e. The molecule has 0 fully saturated rings. The molecule has 2 unspecified atom stereocenters. The van der Waals surface area contributed by atoms with Crippen LogP contribution in [0.4, 0.5) is 0 Å². The van der Waals surface area contributed by atoms with Gasteiger partial charge in [0, 0.05) is 25.7 Å². The highest BCUT2D eigenvalue weighted by atomic mass is 31.2. The van der Waals surface area contributed by atoms with E-state index in [0.717, 1.165) is 96.3 Å². The smallest absolute Gasteiger partial charge is 0.462 e. The minimum atomic E-state index is -4.95. The van der Waals surface area contributed by atoms with Crippen LogP contribution in [0.3, 0.4) is 0 Å². The molecule has 0 aromatic carbocycles. The molecule has 92 heavy (non-hydrogen) atoms. The van der Waals surface area contributed by atoms with Crippen molar-refractivity contribution < 1.29 is 80.2 Å². The van der Waals surface area contributed by atoms with Crippen molar-refractivity contribution in [1.29, 1.82) is 0 Å². The molecule has 0 saturated heterocycles. The van der Waals surface area contributed by atoms with Crippen LogP contribution in [0.5, 0.6) is 0 Å². The molecule has 5 atom stereocenters. The molecule has 19 heteroatoms. The number of carbonyl (C=O) groups excluding carboxylic acids is 4. The van der Waals surface area contributed by atoms with Crippen molar-refractivity contribution in [2.24, 2.45) is 5.92 Å². The van der Waals surface area contributed by atoms with Gasteiger partial charge in [0.25, 0.3) is 0 Å². The highest BCUT2D eigenvalue weighted by Crippen LogP contribution is 2.45. The summed E-state index contributed by atoms with van der Waals surface area (Å²) in [5, 5.41) is 10.6. The van der Waals surface area contributed by atoms with E-state index >= 15 is 0 Å². The summed E-state index contributed by atoms with van der Waals surface area (Å²) >= 11 is 0. The standard InChI is InChI=1S/C73H142O17P2/c1-6-9-12-15-18-21-24-27-29-32-34-37-40-46-51-56-70(75)83-62-68(89-72(77)59-54-49-42-39-36-33-30-28-25-22-19-16-13-10-7-2)64-87-91(79,80)85-60-67(74)61-86-92(81,82)88-65-69(63-84-71(76)57-52-47-44-43-45-50-55-66(4)5)90-73(78)58-53-48-41-38-35-31-26-23-20-17-14-11-8-3/h66-69,74H,6-65H2,1-5H3,(H,79,80)(H,81,82)/t67-,68-,69-/m1/s1. The van der Waals surface area contributed by atoms with Gasteiger partial charge in [-0.1, -0.05) is 330 Å². The quantitative estimate of drug-likeness (QED) is 0.0222. The van der Waals surface area contributed by atoms with Gasteiger partial charge in [-0.25, -0.2) is 9.13 Å². The van der Waals surface area contributed by atoms with E-state index in [1.54, 1.807) is 0 Å². The first-order valence-corrected chi connectivity index (χ1v) is 41.1. The summed E-state index contributed by atoms with van der Waals surface area (Å²) in [6.07, 6.45) is 54.1. The monoisotopic (exact) mass is 1350 g/mol. The topological polar surface area (TPSA) is 237 Å². The van der Waals surface area contributed by atoms with Gasteiger partial charge in [-0.3, -0.25) is 37.3 Å². The second-order valence-electron chi connectivity index (χ2n) is 26.8. The van der Waals surface area contributed by atoms with E-state index < -0.39 is 97.5 Å². The van der Waals surface area contributed by atoms with E-state index in [1.807, 2.05) is 0 Å². The number of phosphoric ester groups is 2. The first-order chi connectivity index (χ1) is 44.5. The van der Waals surface area contributed by atoms with Crippen LogP contribution in [0.2, 0.25) is 0 Å². The summed E-state index contributed by atoms with van der Waals surface area (Å²) in [5.41, 5.74) is 0. The van der Waals surface area contributed by atoms with Gasteiger partial charge in [-0.05, 0) is 31.6 Å². The average molecular weight is 1350 g/mol. The van der Waals surface area contributed by atoms with Crippen molar-refractivity contribution in [1.82, 2.24) is 0 Å². The summed E-state index contributed by atoms with van der Waals surface area (Å²) in [4.78, 5) is 72.7. The minimum absolute atomic E-state index is 0.107. The molecule has 0 aromatic rings. The number of hydrogen-bond acceptors (Lipinski definition) is 15. The molecule has 0 spiro atoms.